The number of allylic oxidation sites excluding steroid dienone is 1. The van der Waals surface area contributed by atoms with Gasteiger partial charge in [-0.05, 0) is 49.9 Å². The van der Waals surface area contributed by atoms with Crippen LogP contribution in [0.4, 0.5) is 0 Å². The molecule has 0 aliphatic carbocycles. The molecule has 1 aliphatic rings. The van der Waals surface area contributed by atoms with E-state index in [1.165, 1.54) is 11.3 Å². The van der Waals surface area contributed by atoms with Gasteiger partial charge in [0.05, 0.1) is 28.5 Å². The summed E-state index contributed by atoms with van der Waals surface area (Å²) in [4.78, 5) is 32.5. The maximum absolute atomic E-state index is 13.5. The number of fused-ring (bicyclic) bond motifs is 1. The van der Waals surface area contributed by atoms with E-state index in [-0.39, 0.29) is 17.9 Å². The number of hydrogen-bond acceptors (Lipinski definition) is 7. The number of aromatic hydroxyl groups is 1. The lowest BCUT2D eigenvalue weighted by Gasteiger charge is -2.24. The van der Waals surface area contributed by atoms with Crippen molar-refractivity contribution in [2.75, 3.05) is 12.9 Å². The number of ether oxygens (including phenoxy) is 1. The van der Waals surface area contributed by atoms with E-state index in [2.05, 4.69) is 4.99 Å². The van der Waals surface area contributed by atoms with Crippen LogP contribution in [0.2, 0.25) is 0 Å². The van der Waals surface area contributed by atoms with Crippen molar-refractivity contribution < 1.29 is 14.6 Å². The van der Waals surface area contributed by atoms with Gasteiger partial charge in [-0.3, -0.25) is 9.36 Å². The van der Waals surface area contributed by atoms with E-state index in [4.69, 9.17) is 4.74 Å². The number of thiazole rings is 1. The maximum atomic E-state index is 13.5. The third-order valence-corrected chi connectivity index (χ3v) is 6.90. The van der Waals surface area contributed by atoms with Crippen LogP contribution in [0.15, 0.2) is 74.5 Å². The van der Waals surface area contributed by atoms with Crippen molar-refractivity contribution in [3.63, 3.8) is 0 Å². The predicted octanol–water partition coefficient (Wildman–Crippen LogP) is 3.23. The molecule has 164 valence electrons. The summed E-state index contributed by atoms with van der Waals surface area (Å²) in [6, 6.07) is 14.0. The molecule has 1 aliphatic heterocycles. The van der Waals surface area contributed by atoms with Crippen molar-refractivity contribution in [1.29, 1.82) is 0 Å². The first-order valence-electron chi connectivity index (χ1n) is 10.1. The molecule has 0 bridgehead atoms. The minimum absolute atomic E-state index is 0.0888. The van der Waals surface area contributed by atoms with Crippen molar-refractivity contribution in [3.05, 3.63) is 90.6 Å². The van der Waals surface area contributed by atoms with Crippen LogP contribution >= 0.6 is 23.1 Å². The van der Waals surface area contributed by atoms with Gasteiger partial charge in [0.1, 0.15) is 5.75 Å². The van der Waals surface area contributed by atoms with E-state index in [0.717, 1.165) is 10.5 Å². The molecule has 1 atom stereocenters. The number of phenolic OH excluding ortho intramolecular Hbond substituents is 1. The molecule has 32 heavy (non-hydrogen) atoms. The summed E-state index contributed by atoms with van der Waals surface area (Å²) in [6.45, 7) is 3.73. The number of carbonyl (C=O) groups is 1. The Balaban J connectivity index is 1.96. The van der Waals surface area contributed by atoms with Gasteiger partial charge in [0.25, 0.3) is 5.56 Å². The Labute approximate surface area is 193 Å². The van der Waals surface area contributed by atoms with Crippen LogP contribution in [0.5, 0.6) is 5.75 Å². The number of phenols is 1. The topological polar surface area (TPSA) is 80.9 Å². The monoisotopic (exact) mass is 466 g/mol. The van der Waals surface area contributed by atoms with Gasteiger partial charge in [0.2, 0.25) is 0 Å². The molecule has 4 rings (SSSR count). The highest BCUT2D eigenvalue weighted by atomic mass is 32.2. The van der Waals surface area contributed by atoms with Crippen LogP contribution in [-0.4, -0.2) is 28.5 Å². The van der Waals surface area contributed by atoms with Crippen LogP contribution in [-0.2, 0) is 9.53 Å². The second-order valence-corrected chi connectivity index (χ2v) is 9.02. The summed E-state index contributed by atoms with van der Waals surface area (Å²) in [5.41, 5.74) is 1.95. The molecule has 0 amide bonds. The number of aromatic nitrogens is 1. The van der Waals surface area contributed by atoms with Crippen LogP contribution in [0, 0.1) is 0 Å². The molecule has 2 aromatic carbocycles. The van der Waals surface area contributed by atoms with Crippen molar-refractivity contribution in [1.82, 2.24) is 4.57 Å². The number of para-hydroxylation sites is 1. The Bertz CT molecular complexity index is 1380. The summed E-state index contributed by atoms with van der Waals surface area (Å²) >= 11 is 2.85. The Kier molecular flexibility index (Phi) is 6.34. The van der Waals surface area contributed by atoms with Gasteiger partial charge in [0.15, 0.2) is 4.80 Å². The molecule has 3 aromatic rings. The highest BCUT2D eigenvalue weighted by Gasteiger charge is 2.33. The molecule has 1 aromatic heterocycles. The smallest absolute Gasteiger partial charge is 0.338 e. The third kappa shape index (κ3) is 4.03. The van der Waals surface area contributed by atoms with Gasteiger partial charge in [0, 0.05) is 10.5 Å². The summed E-state index contributed by atoms with van der Waals surface area (Å²) in [7, 11) is 0. The van der Waals surface area contributed by atoms with Gasteiger partial charge in [-0.15, -0.1) is 11.8 Å². The molecule has 0 radical (unpaired) electrons. The third-order valence-electron chi connectivity index (χ3n) is 5.17. The Morgan fingerprint density at radius 1 is 1.25 bits per heavy atom. The zero-order chi connectivity index (χ0) is 22.8. The molecule has 0 fully saturated rings. The van der Waals surface area contributed by atoms with Crippen LogP contribution in [0.3, 0.4) is 0 Å². The van der Waals surface area contributed by atoms with Gasteiger partial charge in [-0.25, -0.2) is 9.79 Å². The molecule has 0 unspecified atom stereocenters. The van der Waals surface area contributed by atoms with E-state index in [1.807, 2.05) is 30.5 Å². The van der Waals surface area contributed by atoms with Crippen molar-refractivity contribution in [2.45, 2.75) is 24.8 Å². The maximum Gasteiger partial charge on any atom is 0.338 e. The molecule has 8 heteroatoms. The van der Waals surface area contributed by atoms with E-state index in [1.54, 1.807) is 60.5 Å². The first kappa shape index (κ1) is 22.1. The summed E-state index contributed by atoms with van der Waals surface area (Å²) in [5.74, 6) is -0.395. The van der Waals surface area contributed by atoms with Crippen LogP contribution in [0.25, 0.3) is 6.08 Å². The highest BCUT2D eigenvalue weighted by molar-refractivity contribution is 7.98. The Morgan fingerprint density at radius 3 is 2.62 bits per heavy atom. The van der Waals surface area contributed by atoms with Crippen molar-refractivity contribution in [3.8, 4) is 5.75 Å². The quantitative estimate of drug-likeness (QED) is 0.461. The number of benzene rings is 2. The fourth-order valence-corrected chi connectivity index (χ4v) is 5.09. The minimum Gasteiger partial charge on any atom is -0.507 e. The number of carbonyl (C=O) groups excluding carboxylic acids is 1. The molecular formula is C24H22N2O4S2. The van der Waals surface area contributed by atoms with E-state index < -0.39 is 12.0 Å². The zero-order valence-electron chi connectivity index (χ0n) is 17.9. The van der Waals surface area contributed by atoms with Crippen molar-refractivity contribution >= 4 is 35.1 Å². The first-order chi connectivity index (χ1) is 15.4. The number of rotatable bonds is 5. The molecule has 0 spiro atoms. The van der Waals surface area contributed by atoms with E-state index in [0.29, 0.717) is 26.2 Å². The van der Waals surface area contributed by atoms with Gasteiger partial charge in [-0.1, -0.05) is 41.7 Å². The fraction of sp³-hybridized carbons (Fsp3) is 0.208. The molecule has 2 heterocycles. The molecule has 1 N–H and O–H groups in total. The SMILES string of the molecule is CCOC(=O)C1=C(C)N=c2s/c(=C\c3ccccc3O)c(=O)n2[C@H]1c1ccc(SC)cc1. The molecule has 0 saturated heterocycles. The lowest BCUT2D eigenvalue weighted by atomic mass is 9.96. The van der Waals surface area contributed by atoms with Gasteiger partial charge >= 0.3 is 5.97 Å². The molecular weight excluding hydrogens is 444 g/mol. The van der Waals surface area contributed by atoms with E-state index in [9.17, 15) is 14.7 Å². The Hall–Kier alpha value is -3.10. The zero-order valence-corrected chi connectivity index (χ0v) is 19.5. The summed E-state index contributed by atoms with van der Waals surface area (Å²) < 4.78 is 7.28. The Morgan fingerprint density at radius 2 is 1.97 bits per heavy atom. The average Bonchev–Trinajstić information content (AvgIpc) is 3.09. The lowest BCUT2D eigenvalue weighted by molar-refractivity contribution is -0.139. The molecule has 0 saturated carbocycles. The average molecular weight is 467 g/mol. The van der Waals surface area contributed by atoms with Crippen molar-refractivity contribution in [2.24, 2.45) is 4.99 Å². The van der Waals surface area contributed by atoms with Gasteiger partial charge < -0.3 is 9.84 Å². The largest absolute Gasteiger partial charge is 0.507 e. The summed E-state index contributed by atoms with van der Waals surface area (Å²) in [6.07, 6.45) is 3.64. The number of thioether (sulfide) groups is 1. The summed E-state index contributed by atoms with van der Waals surface area (Å²) in [5, 5.41) is 10.1. The highest BCUT2D eigenvalue weighted by Crippen LogP contribution is 2.31. The minimum atomic E-state index is -0.646. The van der Waals surface area contributed by atoms with E-state index >= 15 is 0 Å². The standard InChI is InChI=1S/C24H22N2O4S2/c1-4-30-23(29)20-14(2)25-24-26(21(20)15-9-11-17(31-3)12-10-15)22(28)19(32-24)13-16-7-5-6-8-18(16)27/h5-13,21,27H,4H2,1-3H3/b19-13-/t21-/m0/s1. The predicted molar refractivity (Wildman–Crippen MR) is 127 cm³/mol. The number of nitrogens with zero attached hydrogens (tertiary/aromatic N) is 2. The first-order valence-corrected chi connectivity index (χ1v) is 12.1. The van der Waals surface area contributed by atoms with Gasteiger partial charge in [-0.2, -0.15) is 0 Å². The van der Waals surface area contributed by atoms with Crippen LogP contribution in [0.1, 0.15) is 31.0 Å². The number of hydrogen-bond donors (Lipinski definition) is 1. The second kappa shape index (κ2) is 9.18. The normalized spacial score (nSPS) is 16.0. The fourth-order valence-electron chi connectivity index (χ4n) is 3.64. The van der Waals surface area contributed by atoms with Crippen LogP contribution < -0.4 is 14.9 Å². The second-order valence-electron chi connectivity index (χ2n) is 7.13. The molecule has 6 nitrogen and oxygen atoms in total. The number of esters is 1. The lowest BCUT2D eigenvalue weighted by Crippen LogP contribution is -2.39.